The molecular weight excluding hydrogens is 257 g/mol. The molecule has 0 saturated heterocycles. The smallest absolute Gasteiger partial charge is 0.338 e. The molecule has 98 valence electrons. The van der Waals surface area contributed by atoms with Gasteiger partial charge in [0.25, 0.3) is 0 Å². The number of aromatic amines is 1. The van der Waals surface area contributed by atoms with Gasteiger partial charge in [-0.2, -0.15) is 18.3 Å². The highest BCUT2D eigenvalue weighted by molar-refractivity contribution is 5.79. The average Bonchev–Trinajstić information content (AvgIpc) is 2.92. The Morgan fingerprint density at radius 1 is 1.26 bits per heavy atom. The first-order valence-electron chi connectivity index (χ1n) is 5.49. The van der Waals surface area contributed by atoms with E-state index in [9.17, 15) is 13.2 Å². The maximum Gasteiger partial charge on any atom is 0.416 e. The quantitative estimate of drug-likeness (QED) is 0.736. The maximum atomic E-state index is 12.6. The molecule has 0 atom stereocenters. The monoisotopic (exact) mass is 266 g/mol. The number of aromatic nitrogens is 4. The lowest BCUT2D eigenvalue weighted by Crippen LogP contribution is -2.04. The summed E-state index contributed by atoms with van der Waals surface area (Å²) in [4.78, 5) is 7.12. The van der Waals surface area contributed by atoms with Gasteiger partial charge in [-0.1, -0.05) is 0 Å². The third-order valence-corrected chi connectivity index (χ3v) is 2.79. The number of benzene rings is 1. The Kier molecular flexibility index (Phi) is 2.38. The Labute approximate surface area is 105 Å². The van der Waals surface area contributed by atoms with Gasteiger partial charge in [-0.05, 0) is 18.2 Å². The largest absolute Gasteiger partial charge is 0.416 e. The van der Waals surface area contributed by atoms with E-state index in [0.29, 0.717) is 16.9 Å². The predicted octanol–water partition coefficient (Wildman–Crippen LogP) is 2.98. The number of nitrogens with one attached hydrogen (secondary N) is 1. The first kappa shape index (κ1) is 11.8. The van der Waals surface area contributed by atoms with E-state index in [2.05, 4.69) is 15.1 Å². The van der Waals surface area contributed by atoms with Gasteiger partial charge in [-0.15, -0.1) is 0 Å². The summed E-state index contributed by atoms with van der Waals surface area (Å²) in [7, 11) is 1.76. The van der Waals surface area contributed by atoms with E-state index in [1.54, 1.807) is 24.1 Å². The van der Waals surface area contributed by atoms with Crippen LogP contribution in [0.25, 0.3) is 22.4 Å². The minimum atomic E-state index is -4.35. The summed E-state index contributed by atoms with van der Waals surface area (Å²) < 4.78 is 39.4. The summed E-state index contributed by atoms with van der Waals surface area (Å²) in [6, 6.07) is 3.44. The molecule has 2 heterocycles. The number of halogens is 3. The lowest BCUT2D eigenvalue weighted by molar-refractivity contribution is -0.137. The van der Waals surface area contributed by atoms with Crippen molar-refractivity contribution in [2.24, 2.45) is 7.05 Å². The van der Waals surface area contributed by atoms with E-state index >= 15 is 0 Å². The topological polar surface area (TPSA) is 46.5 Å². The fourth-order valence-electron chi connectivity index (χ4n) is 1.87. The van der Waals surface area contributed by atoms with E-state index in [0.717, 1.165) is 17.7 Å². The molecule has 0 radical (unpaired) electrons. The second-order valence-corrected chi connectivity index (χ2v) is 4.22. The summed E-state index contributed by atoms with van der Waals surface area (Å²) in [5.74, 6) is 0.502. The van der Waals surface area contributed by atoms with Gasteiger partial charge in [0.2, 0.25) is 0 Å². The number of hydrogen-bond donors (Lipinski definition) is 1. The second-order valence-electron chi connectivity index (χ2n) is 4.22. The lowest BCUT2D eigenvalue weighted by atomic mass is 10.2. The summed E-state index contributed by atoms with van der Waals surface area (Å²) >= 11 is 0. The molecule has 0 aliphatic carbocycles. The summed E-state index contributed by atoms with van der Waals surface area (Å²) in [6.07, 6.45) is -1.02. The number of nitrogens with zero attached hydrogens (tertiary/aromatic N) is 3. The van der Waals surface area contributed by atoms with Gasteiger partial charge < -0.3 is 4.98 Å². The van der Waals surface area contributed by atoms with Crippen molar-refractivity contribution >= 4 is 11.0 Å². The van der Waals surface area contributed by atoms with E-state index in [1.807, 2.05) is 0 Å². The van der Waals surface area contributed by atoms with Gasteiger partial charge in [0.1, 0.15) is 5.82 Å². The van der Waals surface area contributed by atoms with Crippen molar-refractivity contribution in [1.29, 1.82) is 0 Å². The Bertz CT molecular complexity index is 739. The molecule has 3 aromatic rings. The molecule has 0 aliphatic rings. The Balaban J connectivity index is 2.11. The van der Waals surface area contributed by atoms with Crippen LogP contribution in [-0.4, -0.2) is 19.7 Å². The van der Waals surface area contributed by atoms with E-state index < -0.39 is 11.7 Å². The molecule has 2 aromatic heterocycles. The summed E-state index contributed by atoms with van der Waals surface area (Å²) in [5, 5.41) is 4.00. The molecule has 0 saturated carbocycles. The number of hydrogen-bond acceptors (Lipinski definition) is 2. The minimum absolute atomic E-state index is 0.355. The summed E-state index contributed by atoms with van der Waals surface area (Å²) in [6.45, 7) is 0. The highest BCUT2D eigenvalue weighted by atomic mass is 19.4. The van der Waals surface area contributed by atoms with Crippen molar-refractivity contribution in [3.8, 4) is 11.4 Å². The van der Waals surface area contributed by atoms with Gasteiger partial charge in [0, 0.05) is 13.2 Å². The first-order chi connectivity index (χ1) is 8.93. The van der Waals surface area contributed by atoms with E-state index in [-0.39, 0.29) is 0 Å². The van der Waals surface area contributed by atoms with Gasteiger partial charge in [-0.3, -0.25) is 4.68 Å². The highest BCUT2D eigenvalue weighted by Gasteiger charge is 2.30. The van der Waals surface area contributed by atoms with Gasteiger partial charge >= 0.3 is 6.18 Å². The van der Waals surface area contributed by atoms with Crippen LogP contribution in [0.1, 0.15) is 5.56 Å². The van der Waals surface area contributed by atoms with Crippen molar-refractivity contribution < 1.29 is 13.2 Å². The average molecular weight is 266 g/mol. The van der Waals surface area contributed by atoms with Crippen molar-refractivity contribution in [3.63, 3.8) is 0 Å². The molecule has 0 spiro atoms. The van der Waals surface area contributed by atoms with Crippen LogP contribution in [0.5, 0.6) is 0 Å². The molecule has 1 N–H and O–H groups in total. The van der Waals surface area contributed by atoms with Crippen molar-refractivity contribution in [2.75, 3.05) is 0 Å². The zero-order chi connectivity index (χ0) is 13.6. The van der Waals surface area contributed by atoms with Gasteiger partial charge in [-0.25, -0.2) is 4.98 Å². The van der Waals surface area contributed by atoms with Crippen molar-refractivity contribution in [3.05, 3.63) is 36.2 Å². The SMILES string of the molecule is Cn1cc(-c2nc3ccc(C(F)(F)F)cc3[nH]2)cn1. The third-order valence-electron chi connectivity index (χ3n) is 2.79. The second kappa shape index (κ2) is 3.84. The predicted molar refractivity (Wildman–Crippen MR) is 63.3 cm³/mol. The molecule has 0 fully saturated rings. The van der Waals surface area contributed by atoms with Gasteiger partial charge in [0.15, 0.2) is 0 Å². The standard InChI is InChI=1S/C12H9F3N4/c1-19-6-7(5-16-19)11-17-9-3-2-8(12(13,14)15)4-10(9)18-11/h2-6H,1H3,(H,17,18). The molecule has 0 unspecified atom stereocenters. The minimum Gasteiger partial charge on any atom is -0.338 e. The van der Waals surface area contributed by atoms with Crippen LogP contribution >= 0.6 is 0 Å². The number of fused-ring (bicyclic) bond motifs is 1. The molecule has 4 nitrogen and oxygen atoms in total. The normalized spacial score (nSPS) is 12.2. The molecular formula is C12H9F3N4. The van der Waals surface area contributed by atoms with Crippen LogP contribution in [0.15, 0.2) is 30.6 Å². The summed E-state index contributed by atoms with van der Waals surface area (Å²) in [5.41, 5.74) is 0.883. The number of rotatable bonds is 1. The number of aryl methyl sites for hydroxylation is 1. The third kappa shape index (κ3) is 2.07. The van der Waals surface area contributed by atoms with E-state index in [1.165, 1.54) is 6.07 Å². The van der Waals surface area contributed by atoms with Crippen LogP contribution in [0.2, 0.25) is 0 Å². The Morgan fingerprint density at radius 3 is 2.68 bits per heavy atom. The number of alkyl halides is 3. The van der Waals surface area contributed by atoms with Crippen LogP contribution < -0.4 is 0 Å². The van der Waals surface area contributed by atoms with E-state index in [4.69, 9.17) is 0 Å². The maximum absolute atomic E-state index is 12.6. The molecule has 19 heavy (non-hydrogen) atoms. The van der Waals surface area contributed by atoms with Crippen molar-refractivity contribution in [1.82, 2.24) is 19.7 Å². The van der Waals surface area contributed by atoms with Gasteiger partial charge in [0.05, 0.1) is 28.4 Å². The molecule has 0 amide bonds. The highest BCUT2D eigenvalue weighted by Crippen LogP contribution is 2.31. The molecule has 1 aromatic carbocycles. The van der Waals surface area contributed by atoms with Crippen molar-refractivity contribution in [2.45, 2.75) is 6.18 Å². The molecule has 0 aliphatic heterocycles. The first-order valence-corrected chi connectivity index (χ1v) is 5.49. The Morgan fingerprint density at radius 2 is 2.05 bits per heavy atom. The van der Waals surface area contributed by atoms with Crippen LogP contribution in [0, 0.1) is 0 Å². The fourth-order valence-corrected chi connectivity index (χ4v) is 1.87. The molecule has 7 heteroatoms. The van der Waals surface area contributed by atoms with Crippen LogP contribution in [0.3, 0.4) is 0 Å². The fraction of sp³-hybridized carbons (Fsp3) is 0.167. The van der Waals surface area contributed by atoms with Crippen LogP contribution in [0.4, 0.5) is 13.2 Å². The lowest BCUT2D eigenvalue weighted by Gasteiger charge is -2.05. The molecule has 3 rings (SSSR count). The zero-order valence-electron chi connectivity index (χ0n) is 9.86. The zero-order valence-corrected chi connectivity index (χ0v) is 9.86. The van der Waals surface area contributed by atoms with Crippen LogP contribution in [-0.2, 0) is 13.2 Å². The molecule has 0 bridgehead atoms. The number of H-pyrrole nitrogens is 1. The Hall–Kier alpha value is -2.31. The number of imidazole rings is 1.